The molecule has 0 saturated heterocycles. The van der Waals surface area contributed by atoms with Crippen LogP contribution in [0.15, 0.2) is 67.0 Å². The Morgan fingerprint density at radius 1 is 1.04 bits per heavy atom. The van der Waals surface area contributed by atoms with Gasteiger partial charge in [0.2, 0.25) is 0 Å². The van der Waals surface area contributed by atoms with E-state index in [1.807, 2.05) is 36.5 Å². The third kappa shape index (κ3) is 2.61. The van der Waals surface area contributed by atoms with Crippen molar-refractivity contribution in [3.63, 3.8) is 0 Å². The van der Waals surface area contributed by atoms with Crippen molar-refractivity contribution in [2.45, 2.75) is 0 Å². The van der Waals surface area contributed by atoms with Crippen LogP contribution in [0, 0.1) is 0 Å². The zero-order valence-electron chi connectivity index (χ0n) is 12.7. The molecule has 0 radical (unpaired) electrons. The molecule has 0 amide bonds. The van der Waals surface area contributed by atoms with Gasteiger partial charge < -0.3 is 16.2 Å². The topological polar surface area (TPSA) is 88.5 Å². The molecule has 118 valence electrons. The number of fused-ring (bicyclic) bond motifs is 1. The maximum Gasteiger partial charge on any atom is 0.165 e. The van der Waals surface area contributed by atoms with Crippen molar-refractivity contribution < 1.29 is 5.11 Å². The van der Waals surface area contributed by atoms with Gasteiger partial charge in [-0.3, -0.25) is 0 Å². The molecule has 0 unspecified atom stereocenters. The van der Waals surface area contributed by atoms with Crippen molar-refractivity contribution in [2.75, 3.05) is 11.1 Å². The van der Waals surface area contributed by atoms with E-state index in [0.29, 0.717) is 11.5 Å². The van der Waals surface area contributed by atoms with Crippen molar-refractivity contribution >= 4 is 22.8 Å². The minimum atomic E-state index is 0.226. The molecule has 0 fully saturated rings. The summed E-state index contributed by atoms with van der Waals surface area (Å²) in [5, 5.41) is 16.9. The van der Waals surface area contributed by atoms with Gasteiger partial charge in [-0.25, -0.2) is 9.50 Å². The van der Waals surface area contributed by atoms with E-state index in [1.165, 1.54) is 0 Å². The third-order valence-corrected chi connectivity index (χ3v) is 3.71. The molecule has 6 heteroatoms. The average molecular weight is 317 g/mol. The summed E-state index contributed by atoms with van der Waals surface area (Å²) in [4.78, 5) is 4.64. The summed E-state index contributed by atoms with van der Waals surface area (Å²) >= 11 is 0. The van der Waals surface area contributed by atoms with Crippen LogP contribution in [0.3, 0.4) is 0 Å². The van der Waals surface area contributed by atoms with Crippen molar-refractivity contribution in [1.29, 1.82) is 0 Å². The van der Waals surface area contributed by atoms with E-state index >= 15 is 0 Å². The molecule has 0 atom stereocenters. The first-order chi connectivity index (χ1) is 11.7. The quantitative estimate of drug-likeness (QED) is 0.398. The van der Waals surface area contributed by atoms with Gasteiger partial charge in [0.25, 0.3) is 0 Å². The van der Waals surface area contributed by atoms with Gasteiger partial charge in [-0.15, -0.1) is 0 Å². The fraction of sp³-hybridized carbons (Fsp3) is 0. The van der Waals surface area contributed by atoms with E-state index in [1.54, 1.807) is 35.0 Å². The summed E-state index contributed by atoms with van der Waals surface area (Å²) in [5.41, 5.74) is 10.0. The second-order valence-electron chi connectivity index (χ2n) is 5.44. The first kappa shape index (κ1) is 14.1. The van der Waals surface area contributed by atoms with Gasteiger partial charge in [-0.2, -0.15) is 5.10 Å². The van der Waals surface area contributed by atoms with Gasteiger partial charge in [0.05, 0.1) is 6.20 Å². The summed E-state index contributed by atoms with van der Waals surface area (Å²) in [7, 11) is 0. The highest BCUT2D eigenvalue weighted by Gasteiger charge is 2.09. The van der Waals surface area contributed by atoms with Gasteiger partial charge in [0, 0.05) is 23.1 Å². The molecule has 6 nitrogen and oxygen atoms in total. The zero-order valence-corrected chi connectivity index (χ0v) is 12.7. The van der Waals surface area contributed by atoms with E-state index in [0.717, 1.165) is 22.5 Å². The number of benzene rings is 2. The highest BCUT2D eigenvalue weighted by Crippen LogP contribution is 2.26. The number of nitrogens with two attached hydrogens (primary N) is 1. The van der Waals surface area contributed by atoms with Crippen LogP contribution in [-0.2, 0) is 0 Å². The van der Waals surface area contributed by atoms with Crippen LogP contribution in [0.25, 0.3) is 16.8 Å². The maximum absolute atomic E-state index is 9.36. The van der Waals surface area contributed by atoms with Crippen LogP contribution in [0.4, 0.5) is 17.2 Å². The number of hydrogen-bond donors (Lipinski definition) is 3. The van der Waals surface area contributed by atoms with Gasteiger partial charge in [-0.1, -0.05) is 12.1 Å². The highest BCUT2D eigenvalue weighted by atomic mass is 16.3. The van der Waals surface area contributed by atoms with E-state index in [2.05, 4.69) is 15.4 Å². The summed E-state index contributed by atoms with van der Waals surface area (Å²) in [6, 6.07) is 16.3. The molecule has 0 spiro atoms. The molecule has 4 N–H and O–H groups in total. The van der Waals surface area contributed by atoms with Gasteiger partial charge in [-0.05, 0) is 48.0 Å². The molecule has 4 aromatic rings. The Kier molecular flexibility index (Phi) is 3.28. The van der Waals surface area contributed by atoms with Crippen LogP contribution in [0.5, 0.6) is 5.75 Å². The normalized spacial score (nSPS) is 10.8. The van der Waals surface area contributed by atoms with E-state index in [4.69, 9.17) is 5.73 Å². The summed E-state index contributed by atoms with van der Waals surface area (Å²) in [6.07, 6.45) is 3.63. The fourth-order valence-electron chi connectivity index (χ4n) is 2.54. The number of rotatable bonds is 3. The number of hydrogen-bond acceptors (Lipinski definition) is 5. The lowest BCUT2D eigenvalue weighted by Crippen LogP contribution is -1.97. The number of aromatic hydroxyl groups is 1. The smallest absolute Gasteiger partial charge is 0.165 e. The van der Waals surface area contributed by atoms with E-state index < -0.39 is 0 Å². The number of aromatic nitrogens is 3. The number of phenols is 1. The van der Waals surface area contributed by atoms with Crippen molar-refractivity contribution in [3.05, 3.63) is 67.0 Å². The molecule has 0 saturated carbocycles. The Morgan fingerprint density at radius 2 is 1.88 bits per heavy atom. The molecule has 0 bridgehead atoms. The Hall–Kier alpha value is -3.54. The van der Waals surface area contributed by atoms with Crippen LogP contribution >= 0.6 is 0 Å². The van der Waals surface area contributed by atoms with E-state index in [-0.39, 0.29) is 5.75 Å². The first-order valence-corrected chi connectivity index (χ1v) is 7.45. The molecule has 2 aromatic carbocycles. The van der Waals surface area contributed by atoms with Crippen LogP contribution in [-0.4, -0.2) is 19.7 Å². The lowest BCUT2D eigenvalue weighted by atomic mass is 10.1. The average Bonchev–Trinajstić information content (AvgIpc) is 3.00. The maximum atomic E-state index is 9.36. The Balaban J connectivity index is 1.74. The SMILES string of the molecule is Nc1cccc(-c2cnn3ccc(Nc4ccc(O)cc4)nc23)c1. The molecule has 0 aliphatic heterocycles. The Morgan fingerprint density at radius 3 is 2.67 bits per heavy atom. The zero-order chi connectivity index (χ0) is 16.5. The standard InChI is InChI=1S/C18H15N5O/c19-13-3-1-2-12(10-13)16-11-20-23-9-8-17(22-18(16)23)21-14-4-6-15(24)7-5-14/h1-11,24H,19H2,(H,21,22). The molecule has 4 rings (SSSR count). The van der Waals surface area contributed by atoms with Crippen LogP contribution < -0.4 is 11.1 Å². The molecule has 24 heavy (non-hydrogen) atoms. The Labute approximate surface area is 138 Å². The van der Waals surface area contributed by atoms with Gasteiger partial charge in [0.1, 0.15) is 11.6 Å². The predicted octanol–water partition coefficient (Wildman–Crippen LogP) is 3.43. The van der Waals surface area contributed by atoms with Crippen molar-refractivity contribution in [1.82, 2.24) is 14.6 Å². The van der Waals surface area contributed by atoms with Crippen molar-refractivity contribution in [2.24, 2.45) is 0 Å². The van der Waals surface area contributed by atoms with E-state index in [9.17, 15) is 5.11 Å². The minimum Gasteiger partial charge on any atom is -0.508 e. The largest absolute Gasteiger partial charge is 0.508 e. The second kappa shape index (κ2) is 5.58. The predicted molar refractivity (Wildman–Crippen MR) is 94.2 cm³/mol. The first-order valence-electron chi connectivity index (χ1n) is 7.45. The molecule has 0 aliphatic rings. The minimum absolute atomic E-state index is 0.226. The monoisotopic (exact) mass is 317 g/mol. The number of nitrogens with one attached hydrogen (secondary N) is 1. The molecule has 2 aromatic heterocycles. The fourth-order valence-corrected chi connectivity index (χ4v) is 2.54. The lowest BCUT2D eigenvalue weighted by Gasteiger charge is -2.07. The molecule has 0 aliphatic carbocycles. The third-order valence-electron chi connectivity index (χ3n) is 3.71. The van der Waals surface area contributed by atoms with Gasteiger partial charge in [0.15, 0.2) is 5.65 Å². The number of phenolic OH excluding ortho intramolecular Hbond substituents is 1. The van der Waals surface area contributed by atoms with Crippen LogP contribution in [0.2, 0.25) is 0 Å². The highest BCUT2D eigenvalue weighted by molar-refractivity contribution is 5.79. The number of nitrogen functional groups attached to an aromatic ring is 1. The Bertz CT molecular complexity index is 1010. The second-order valence-corrected chi connectivity index (χ2v) is 5.44. The molecular formula is C18H15N5O. The lowest BCUT2D eigenvalue weighted by molar-refractivity contribution is 0.475. The van der Waals surface area contributed by atoms with Crippen molar-refractivity contribution in [3.8, 4) is 16.9 Å². The number of nitrogens with zero attached hydrogens (tertiary/aromatic N) is 3. The molecule has 2 heterocycles. The summed E-state index contributed by atoms with van der Waals surface area (Å²) in [6.45, 7) is 0. The summed E-state index contributed by atoms with van der Waals surface area (Å²) < 4.78 is 1.72. The summed E-state index contributed by atoms with van der Waals surface area (Å²) in [5.74, 6) is 0.919. The van der Waals surface area contributed by atoms with Crippen LogP contribution in [0.1, 0.15) is 0 Å². The molecular weight excluding hydrogens is 302 g/mol. The number of anilines is 3. The van der Waals surface area contributed by atoms with Gasteiger partial charge >= 0.3 is 0 Å².